The lowest BCUT2D eigenvalue weighted by atomic mass is 9.98. The Hall–Kier alpha value is -2.94. The van der Waals surface area contributed by atoms with Gasteiger partial charge in [0, 0.05) is 0 Å². The second kappa shape index (κ2) is 8.63. The highest BCUT2D eigenvalue weighted by atomic mass is 16.2. The minimum absolute atomic E-state index is 0.305. The maximum absolute atomic E-state index is 12.8. The van der Waals surface area contributed by atoms with Gasteiger partial charge in [0.1, 0.15) is 6.04 Å². The molecule has 0 saturated carbocycles. The Labute approximate surface area is 157 Å². The van der Waals surface area contributed by atoms with Crippen molar-refractivity contribution < 1.29 is 19.2 Å². The maximum atomic E-state index is 12.8. The van der Waals surface area contributed by atoms with Crippen LogP contribution in [-0.2, 0) is 25.6 Å². The Bertz CT molecular complexity index is 749. The summed E-state index contributed by atoms with van der Waals surface area (Å²) < 4.78 is 0. The highest BCUT2D eigenvalue weighted by Crippen LogP contribution is 2.36. The fraction of sp³-hybridized carbons (Fsp3) is 0.444. The van der Waals surface area contributed by atoms with Crippen LogP contribution in [0.4, 0.5) is 0 Å². The molecular formula is C18H25N5O4. The van der Waals surface area contributed by atoms with E-state index in [-0.39, 0.29) is 18.4 Å². The molecule has 1 aromatic carbocycles. The second-order valence-electron chi connectivity index (χ2n) is 6.70. The molecule has 4 amide bonds. The smallest absolute Gasteiger partial charge is 0.242 e. The van der Waals surface area contributed by atoms with Gasteiger partial charge < -0.3 is 27.4 Å². The average molecular weight is 375 g/mol. The van der Waals surface area contributed by atoms with E-state index in [4.69, 9.17) is 11.5 Å². The molecule has 0 fully saturated rings. The van der Waals surface area contributed by atoms with Gasteiger partial charge in [-0.05, 0) is 31.4 Å². The number of fused-ring (bicyclic) bond motifs is 1. The molecule has 0 aliphatic heterocycles. The van der Waals surface area contributed by atoms with E-state index in [0.29, 0.717) is 6.42 Å². The van der Waals surface area contributed by atoms with Gasteiger partial charge in [-0.15, -0.1) is 0 Å². The lowest BCUT2D eigenvalue weighted by Crippen LogP contribution is -2.50. The van der Waals surface area contributed by atoms with E-state index in [0.717, 1.165) is 11.1 Å². The van der Waals surface area contributed by atoms with Crippen molar-refractivity contribution in [2.24, 2.45) is 17.4 Å². The van der Waals surface area contributed by atoms with Crippen molar-refractivity contribution in [2.75, 3.05) is 6.54 Å². The first-order valence-electron chi connectivity index (χ1n) is 8.70. The SMILES string of the molecule is C[C@H](N)C(=O)N[C@@H]1c2ccccc2C[C@@H]1C(=O)N[C@@H](C)C(=O)NCC(N)=O. The standard InChI is InChI=1S/C18H25N5O4/c1-9(19)16(25)23-15-12-6-4-3-5-11(12)7-13(15)18(27)22-10(2)17(26)21-8-14(20)24/h3-6,9-10,13,15H,7-8,19H2,1-2H3,(H2,20,24)(H,21,26)(H,22,27)(H,23,25)/t9-,10-,13-,15+/m0/s1. The summed E-state index contributed by atoms with van der Waals surface area (Å²) in [5.41, 5.74) is 12.4. The summed E-state index contributed by atoms with van der Waals surface area (Å²) in [5, 5.41) is 7.79. The summed E-state index contributed by atoms with van der Waals surface area (Å²) >= 11 is 0. The summed E-state index contributed by atoms with van der Waals surface area (Å²) in [6.07, 6.45) is 0.432. The van der Waals surface area contributed by atoms with Crippen molar-refractivity contribution in [3.8, 4) is 0 Å². The number of nitrogens with two attached hydrogens (primary N) is 2. The predicted octanol–water partition coefficient (Wildman–Crippen LogP) is -1.53. The number of rotatable bonds is 7. The number of carbonyl (C=O) groups excluding carboxylic acids is 4. The Balaban J connectivity index is 2.10. The molecule has 0 heterocycles. The van der Waals surface area contributed by atoms with E-state index in [1.807, 2.05) is 24.3 Å². The highest BCUT2D eigenvalue weighted by molar-refractivity contribution is 5.91. The van der Waals surface area contributed by atoms with E-state index in [1.165, 1.54) is 6.92 Å². The summed E-state index contributed by atoms with van der Waals surface area (Å²) in [6, 6.07) is 5.37. The highest BCUT2D eigenvalue weighted by Gasteiger charge is 2.39. The molecule has 2 rings (SSSR count). The van der Waals surface area contributed by atoms with E-state index < -0.39 is 35.9 Å². The van der Waals surface area contributed by atoms with Gasteiger partial charge in [-0.25, -0.2) is 0 Å². The van der Waals surface area contributed by atoms with Crippen LogP contribution in [0, 0.1) is 5.92 Å². The summed E-state index contributed by atoms with van der Waals surface area (Å²) in [4.78, 5) is 47.5. The lowest BCUT2D eigenvalue weighted by molar-refractivity contribution is -0.132. The Morgan fingerprint density at radius 2 is 1.81 bits per heavy atom. The van der Waals surface area contributed by atoms with Crippen LogP contribution in [0.2, 0.25) is 0 Å². The first-order chi connectivity index (χ1) is 12.7. The molecule has 1 aromatic rings. The largest absolute Gasteiger partial charge is 0.368 e. The van der Waals surface area contributed by atoms with Crippen molar-refractivity contribution in [3.63, 3.8) is 0 Å². The second-order valence-corrected chi connectivity index (χ2v) is 6.70. The van der Waals surface area contributed by atoms with Crippen molar-refractivity contribution in [1.82, 2.24) is 16.0 Å². The topological polar surface area (TPSA) is 156 Å². The Morgan fingerprint density at radius 1 is 1.15 bits per heavy atom. The van der Waals surface area contributed by atoms with Crippen LogP contribution in [-0.4, -0.2) is 42.3 Å². The molecule has 146 valence electrons. The first kappa shape index (κ1) is 20.4. The minimum atomic E-state index is -0.856. The van der Waals surface area contributed by atoms with Gasteiger partial charge in [-0.3, -0.25) is 19.2 Å². The van der Waals surface area contributed by atoms with E-state index in [1.54, 1.807) is 6.92 Å². The van der Waals surface area contributed by atoms with Gasteiger partial charge in [0.05, 0.1) is 24.5 Å². The molecule has 9 nitrogen and oxygen atoms in total. The van der Waals surface area contributed by atoms with Gasteiger partial charge in [-0.2, -0.15) is 0 Å². The number of hydrogen-bond donors (Lipinski definition) is 5. The predicted molar refractivity (Wildman–Crippen MR) is 98.0 cm³/mol. The first-order valence-corrected chi connectivity index (χ1v) is 8.70. The van der Waals surface area contributed by atoms with E-state index in [2.05, 4.69) is 16.0 Å². The molecule has 0 unspecified atom stereocenters. The summed E-state index contributed by atoms with van der Waals surface area (Å²) in [6.45, 7) is 2.77. The normalized spacial score (nSPS) is 20.1. The van der Waals surface area contributed by atoms with E-state index in [9.17, 15) is 19.2 Å². The Kier molecular flexibility index (Phi) is 6.51. The van der Waals surface area contributed by atoms with Gasteiger partial charge >= 0.3 is 0 Å². The fourth-order valence-electron chi connectivity index (χ4n) is 3.02. The van der Waals surface area contributed by atoms with Gasteiger partial charge in [0.15, 0.2) is 0 Å². The number of carbonyl (C=O) groups is 4. The molecule has 4 atom stereocenters. The van der Waals surface area contributed by atoms with Crippen LogP contribution in [0.3, 0.4) is 0 Å². The van der Waals surface area contributed by atoms with Crippen LogP contribution >= 0.6 is 0 Å². The third-order valence-corrected chi connectivity index (χ3v) is 4.47. The summed E-state index contributed by atoms with van der Waals surface area (Å²) in [5.74, 6) is -2.50. The van der Waals surface area contributed by atoms with E-state index >= 15 is 0 Å². The zero-order chi connectivity index (χ0) is 20.1. The molecule has 0 spiro atoms. The molecule has 0 radical (unpaired) electrons. The Morgan fingerprint density at radius 3 is 2.44 bits per heavy atom. The number of nitrogens with one attached hydrogen (secondary N) is 3. The zero-order valence-electron chi connectivity index (χ0n) is 15.3. The van der Waals surface area contributed by atoms with Crippen molar-refractivity contribution >= 4 is 23.6 Å². The third kappa shape index (κ3) is 5.04. The molecule has 1 aliphatic carbocycles. The molecule has 1 aliphatic rings. The molecule has 7 N–H and O–H groups in total. The molecule has 0 bridgehead atoms. The van der Waals surface area contributed by atoms with Crippen molar-refractivity contribution in [3.05, 3.63) is 35.4 Å². The van der Waals surface area contributed by atoms with Gasteiger partial charge in [-0.1, -0.05) is 24.3 Å². The van der Waals surface area contributed by atoms with Crippen LogP contribution in [0.1, 0.15) is 31.0 Å². The average Bonchev–Trinajstić information content (AvgIpc) is 2.98. The monoisotopic (exact) mass is 375 g/mol. The van der Waals surface area contributed by atoms with Crippen LogP contribution in [0.25, 0.3) is 0 Å². The molecule has 0 saturated heterocycles. The minimum Gasteiger partial charge on any atom is -0.368 e. The van der Waals surface area contributed by atoms with Crippen molar-refractivity contribution in [1.29, 1.82) is 0 Å². The fourth-order valence-corrected chi connectivity index (χ4v) is 3.02. The van der Waals surface area contributed by atoms with Gasteiger partial charge in [0.25, 0.3) is 0 Å². The van der Waals surface area contributed by atoms with Crippen LogP contribution in [0.5, 0.6) is 0 Å². The molecule has 0 aromatic heterocycles. The lowest BCUT2D eigenvalue weighted by Gasteiger charge is -2.24. The quantitative estimate of drug-likeness (QED) is 0.391. The zero-order valence-corrected chi connectivity index (χ0v) is 15.3. The van der Waals surface area contributed by atoms with Crippen LogP contribution in [0.15, 0.2) is 24.3 Å². The van der Waals surface area contributed by atoms with Crippen LogP contribution < -0.4 is 27.4 Å². The molecule has 9 heteroatoms. The number of hydrogen-bond acceptors (Lipinski definition) is 5. The molecular weight excluding hydrogens is 350 g/mol. The summed E-state index contributed by atoms with van der Waals surface area (Å²) in [7, 11) is 0. The molecule has 27 heavy (non-hydrogen) atoms. The number of amides is 4. The van der Waals surface area contributed by atoms with Gasteiger partial charge in [0.2, 0.25) is 23.6 Å². The third-order valence-electron chi connectivity index (χ3n) is 4.47. The number of benzene rings is 1. The van der Waals surface area contributed by atoms with Crippen molar-refractivity contribution in [2.45, 2.75) is 38.4 Å². The number of primary amides is 1. The maximum Gasteiger partial charge on any atom is 0.242 e.